The molecule has 0 saturated heterocycles. The van der Waals surface area contributed by atoms with E-state index in [1.807, 2.05) is 0 Å². The summed E-state index contributed by atoms with van der Waals surface area (Å²) < 4.78 is 79.3. The van der Waals surface area contributed by atoms with E-state index in [1.54, 1.807) is 30.3 Å². The standard InChI is InChI=1S/C32H27F5N2O4S/c1-17-20(14-21-22(32(35,36)37)11-7-12-23(21)33)31-39(30(42)27(17)19-10-6-13-25(43-2)28(19)34)24(16-44-31)29(38-15-26(40)41)18-8-4-3-5-9-18/h3-13,24,29,38H,14-16H2,1-2H3,(H,40,41). The molecular weight excluding hydrogens is 603 g/mol. The first-order valence-corrected chi connectivity index (χ1v) is 14.5. The first kappa shape index (κ1) is 31.3. The van der Waals surface area contributed by atoms with Gasteiger partial charge in [0.1, 0.15) is 5.82 Å². The molecular formula is C32H27F5N2O4S. The molecule has 0 saturated carbocycles. The molecule has 0 fully saturated rings. The maximum atomic E-state index is 15.7. The molecule has 2 heterocycles. The van der Waals surface area contributed by atoms with Crippen LogP contribution < -0.4 is 15.6 Å². The first-order valence-electron chi connectivity index (χ1n) is 13.5. The van der Waals surface area contributed by atoms with Crippen molar-refractivity contribution in [3.05, 3.63) is 117 Å². The number of carbonyl (C=O) groups is 1. The average molecular weight is 631 g/mol. The van der Waals surface area contributed by atoms with Crippen molar-refractivity contribution in [2.45, 2.75) is 36.6 Å². The summed E-state index contributed by atoms with van der Waals surface area (Å²) in [5, 5.41) is 12.7. The molecule has 1 aliphatic heterocycles. The fourth-order valence-corrected chi connectivity index (χ4v) is 7.10. The van der Waals surface area contributed by atoms with E-state index in [9.17, 15) is 27.9 Å². The molecule has 6 nitrogen and oxygen atoms in total. The number of aliphatic carboxylic acids is 1. The second-order valence-corrected chi connectivity index (χ2v) is 11.3. The number of aromatic nitrogens is 1. The third-order valence-electron chi connectivity index (χ3n) is 7.71. The summed E-state index contributed by atoms with van der Waals surface area (Å²) in [6.45, 7) is 1.07. The summed E-state index contributed by atoms with van der Waals surface area (Å²) in [5.41, 5.74) is -1.51. The predicted molar refractivity (Wildman–Crippen MR) is 156 cm³/mol. The van der Waals surface area contributed by atoms with Crippen LogP contribution >= 0.6 is 11.8 Å². The van der Waals surface area contributed by atoms with Crippen LogP contribution in [-0.4, -0.2) is 35.1 Å². The number of hydrogen-bond donors (Lipinski definition) is 2. The number of carboxylic acid groups (broad SMARTS) is 1. The Morgan fingerprint density at radius 3 is 2.43 bits per heavy atom. The third-order valence-corrected chi connectivity index (χ3v) is 8.93. The zero-order valence-electron chi connectivity index (χ0n) is 23.5. The number of thioether (sulfide) groups is 1. The molecule has 0 amide bonds. The molecule has 0 bridgehead atoms. The Balaban J connectivity index is 1.79. The van der Waals surface area contributed by atoms with Gasteiger partial charge in [0, 0.05) is 23.3 Å². The molecule has 4 aromatic rings. The largest absolute Gasteiger partial charge is 0.494 e. The lowest BCUT2D eigenvalue weighted by Gasteiger charge is -2.28. The molecule has 12 heteroatoms. The van der Waals surface area contributed by atoms with Gasteiger partial charge in [0.25, 0.3) is 5.56 Å². The summed E-state index contributed by atoms with van der Waals surface area (Å²) in [5.74, 6) is -2.94. The molecule has 0 aliphatic carbocycles. The highest BCUT2D eigenvalue weighted by atomic mass is 32.2. The van der Waals surface area contributed by atoms with Gasteiger partial charge in [-0.3, -0.25) is 19.5 Å². The van der Waals surface area contributed by atoms with Crippen molar-refractivity contribution in [1.29, 1.82) is 0 Å². The Morgan fingerprint density at radius 1 is 1.07 bits per heavy atom. The molecule has 5 rings (SSSR count). The van der Waals surface area contributed by atoms with Crippen LogP contribution in [0.25, 0.3) is 11.1 Å². The average Bonchev–Trinajstić information content (AvgIpc) is 3.42. The summed E-state index contributed by atoms with van der Waals surface area (Å²) >= 11 is 1.20. The number of nitrogens with one attached hydrogen (secondary N) is 1. The predicted octanol–water partition coefficient (Wildman–Crippen LogP) is 6.78. The second-order valence-electron chi connectivity index (χ2n) is 10.3. The van der Waals surface area contributed by atoms with Crippen LogP contribution in [0.4, 0.5) is 22.0 Å². The maximum Gasteiger partial charge on any atom is 0.416 e. The van der Waals surface area contributed by atoms with Crippen molar-refractivity contribution < 1.29 is 36.6 Å². The van der Waals surface area contributed by atoms with Gasteiger partial charge in [0.15, 0.2) is 11.6 Å². The van der Waals surface area contributed by atoms with Crippen LogP contribution in [0.3, 0.4) is 0 Å². The molecule has 1 aliphatic rings. The number of halogens is 5. The molecule has 2 atom stereocenters. The zero-order valence-corrected chi connectivity index (χ0v) is 24.4. The molecule has 2 unspecified atom stereocenters. The minimum absolute atomic E-state index is 0.109. The van der Waals surface area contributed by atoms with E-state index in [1.165, 1.54) is 48.6 Å². The van der Waals surface area contributed by atoms with E-state index >= 15 is 8.78 Å². The lowest BCUT2D eigenvalue weighted by molar-refractivity contribution is -0.138. The van der Waals surface area contributed by atoms with E-state index in [4.69, 9.17) is 4.74 Å². The summed E-state index contributed by atoms with van der Waals surface area (Å²) in [6, 6.07) is 14.3. The van der Waals surface area contributed by atoms with Gasteiger partial charge in [-0.05, 0) is 41.8 Å². The van der Waals surface area contributed by atoms with Crippen LogP contribution in [0, 0.1) is 18.6 Å². The van der Waals surface area contributed by atoms with Gasteiger partial charge in [-0.1, -0.05) is 48.5 Å². The Kier molecular flexibility index (Phi) is 8.85. The number of carboxylic acids is 1. The summed E-state index contributed by atoms with van der Waals surface area (Å²) in [6.07, 6.45) is -5.38. The molecule has 0 spiro atoms. The van der Waals surface area contributed by atoms with Crippen LogP contribution in [0.15, 0.2) is 76.6 Å². The number of ether oxygens (including phenoxy) is 1. The van der Waals surface area contributed by atoms with Crippen LogP contribution in [0.1, 0.15) is 39.9 Å². The van der Waals surface area contributed by atoms with Gasteiger partial charge in [-0.2, -0.15) is 13.2 Å². The van der Waals surface area contributed by atoms with Crippen molar-refractivity contribution in [2.24, 2.45) is 0 Å². The molecule has 3 aromatic carbocycles. The van der Waals surface area contributed by atoms with Crippen molar-refractivity contribution in [3.63, 3.8) is 0 Å². The third kappa shape index (κ3) is 5.83. The van der Waals surface area contributed by atoms with E-state index < -0.39 is 65.5 Å². The molecule has 44 heavy (non-hydrogen) atoms. The van der Waals surface area contributed by atoms with Gasteiger partial charge in [0.2, 0.25) is 0 Å². The van der Waals surface area contributed by atoms with Crippen LogP contribution in [-0.2, 0) is 17.4 Å². The highest BCUT2D eigenvalue weighted by Gasteiger charge is 2.39. The molecule has 1 aromatic heterocycles. The summed E-state index contributed by atoms with van der Waals surface area (Å²) in [7, 11) is 1.26. The molecule has 2 N–H and O–H groups in total. The highest BCUT2D eigenvalue weighted by Crippen LogP contribution is 2.45. The number of benzene rings is 3. The Labute approximate surface area is 253 Å². The lowest BCUT2D eigenvalue weighted by atomic mass is 9.91. The molecule has 0 radical (unpaired) electrons. The number of rotatable bonds is 9. The highest BCUT2D eigenvalue weighted by molar-refractivity contribution is 7.99. The Bertz CT molecular complexity index is 1780. The topological polar surface area (TPSA) is 80.6 Å². The quantitative estimate of drug-likeness (QED) is 0.199. The number of methoxy groups -OCH3 is 1. The number of fused-ring (bicyclic) bond motifs is 1. The zero-order chi connectivity index (χ0) is 31.8. The second kappa shape index (κ2) is 12.4. The van der Waals surface area contributed by atoms with Crippen molar-refractivity contribution >= 4 is 17.7 Å². The first-order chi connectivity index (χ1) is 20.9. The lowest BCUT2D eigenvalue weighted by Crippen LogP contribution is -2.38. The number of pyridine rings is 1. The maximum absolute atomic E-state index is 15.7. The Morgan fingerprint density at radius 2 is 1.77 bits per heavy atom. The fourth-order valence-electron chi connectivity index (χ4n) is 5.67. The number of hydrogen-bond acceptors (Lipinski definition) is 5. The van der Waals surface area contributed by atoms with Gasteiger partial charge < -0.3 is 9.84 Å². The van der Waals surface area contributed by atoms with Gasteiger partial charge >= 0.3 is 12.1 Å². The number of nitrogens with zero attached hydrogens (tertiary/aromatic N) is 1. The van der Waals surface area contributed by atoms with E-state index in [-0.39, 0.29) is 33.8 Å². The van der Waals surface area contributed by atoms with E-state index in [2.05, 4.69) is 5.32 Å². The van der Waals surface area contributed by atoms with Gasteiger partial charge in [0.05, 0.1) is 41.9 Å². The summed E-state index contributed by atoms with van der Waals surface area (Å²) in [4.78, 5) is 25.9. The van der Waals surface area contributed by atoms with Crippen LogP contribution in [0.5, 0.6) is 5.75 Å². The minimum atomic E-state index is -4.85. The van der Waals surface area contributed by atoms with Crippen molar-refractivity contribution in [3.8, 4) is 16.9 Å². The Hall–Kier alpha value is -4.16. The SMILES string of the molecule is COc1cccc(-c2c(C)c(Cc3c(F)cccc3C(F)(F)F)c3n(c2=O)C(C(NCC(=O)O)c2ccccc2)CS3)c1F. The van der Waals surface area contributed by atoms with Gasteiger partial charge in [-0.25, -0.2) is 8.78 Å². The van der Waals surface area contributed by atoms with E-state index in [0.717, 1.165) is 18.2 Å². The smallest absolute Gasteiger partial charge is 0.416 e. The van der Waals surface area contributed by atoms with Crippen molar-refractivity contribution in [1.82, 2.24) is 9.88 Å². The van der Waals surface area contributed by atoms with Crippen molar-refractivity contribution in [2.75, 3.05) is 19.4 Å². The normalized spacial score (nSPS) is 15.2. The number of alkyl halides is 3. The molecule has 230 valence electrons. The minimum Gasteiger partial charge on any atom is -0.494 e. The van der Waals surface area contributed by atoms with E-state index in [0.29, 0.717) is 10.6 Å². The monoisotopic (exact) mass is 630 g/mol. The fraction of sp³-hybridized carbons (Fsp3) is 0.250. The van der Waals surface area contributed by atoms with Gasteiger partial charge in [-0.15, -0.1) is 11.8 Å². The van der Waals surface area contributed by atoms with Crippen LogP contribution in [0.2, 0.25) is 0 Å².